The van der Waals surface area contributed by atoms with Gasteiger partial charge in [-0.2, -0.15) is 5.11 Å². The molecule has 0 heterocycles. The van der Waals surface area contributed by atoms with Gasteiger partial charge in [0, 0.05) is 41.8 Å². The van der Waals surface area contributed by atoms with Crippen molar-refractivity contribution in [2.45, 2.75) is 112 Å². The van der Waals surface area contributed by atoms with Gasteiger partial charge in [-0.05, 0) is 51.9 Å². The van der Waals surface area contributed by atoms with Crippen LogP contribution in [-0.4, -0.2) is 39.7 Å². The number of halogens is 8. The number of alkyl halides is 8. The highest BCUT2D eigenvalue weighted by Crippen LogP contribution is 2.72. The summed E-state index contributed by atoms with van der Waals surface area (Å²) in [5, 5.41) is 15.3. The third-order valence-corrected chi connectivity index (χ3v) is 12.8. The Morgan fingerprint density at radius 1 is 1.14 bits per heavy atom. The second kappa shape index (κ2) is 12.0. The van der Waals surface area contributed by atoms with Crippen molar-refractivity contribution in [3.63, 3.8) is 0 Å². The summed E-state index contributed by atoms with van der Waals surface area (Å²) in [4.78, 5) is 0. The molecule has 207 valence electrons. The molecule has 3 aliphatic carbocycles. The quantitative estimate of drug-likeness (QED) is 0.0672. The normalized spacial score (nSPS) is 36.7. The number of rotatable bonds is 16. The minimum Gasteiger partial charge on any atom is -0.346 e. The molecule has 0 aromatic heterocycles. The average molecular weight is 843 g/mol. The minimum atomic E-state index is -1.90. The van der Waals surface area contributed by atoms with Crippen LogP contribution in [0.1, 0.15) is 78.1 Å². The molecular weight excluding hydrogens is 810 g/mol. The highest BCUT2D eigenvalue weighted by atomic mass is 79.9. The SMILES string of the molecule is C#CCCCC(OC(CCCBr)(OC([O])(CCC(C)Cl)C1(C)CC1(Cl)Cl)C1CC1(Br)Br)C1CC1(Cl)Br. The van der Waals surface area contributed by atoms with E-state index in [4.69, 9.17) is 62.3 Å². The Bertz CT molecular complexity index is 839. The Labute approximate surface area is 269 Å². The van der Waals surface area contributed by atoms with Crippen molar-refractivity contribution >= 4 is 110 Å². The predicted molar refractivity (Wildman–Crippen MR) is 164 cm³/mol. The van der Waals surface area contributed by atoms with Gasteiger partial charge in [0.25, 0.3) is 0 Å². The molecule has 3 rings (SSSR count). The van der Waals surface area contributed by atoms with E-state index in [9.17, 15) is 5.11 Å². The third kappa shape index (κ3) is 7.29. The molecule has 8 unspecified atom stereocenters. The van der Waals surface area contributed by atoms with Gasteiger partial charge in [0.2, 0.25) is 5.79 Å². The summed E-state index contributed by atoms with van der Waals surface area (Å²) in [6, 6.07) is 0. The van der Waals surface area contributed by atoms with Gasteiger partial charge in [-0.1, -0.05) is 70.6 Å². The van der Waals surface area contributed by atoms with Crippen LogP contribution in [-0.2, 0) is 14.6 Å². The van der Waals surface area contributed by atoms with Crippen molar-refractivity contribution in [2.24, 2.45) is 17.3 Å². The average Bonchev–Trinajstić information content (AvgIpc) is 3.69. The molecule has 3 nitrogen and oxygen atoms in total. The van der Waals surface area contributed by atoms with E-state index < -0.39 is 28.3 Å². The molecule has 8 atom stereocenters. The fourth-order valence-electron chi connectivity index (χ4n) is 5.03. The molecule has 0 bridgehead atoms. The third-order valence-electron chi connectivity index (χ3n) is 7.81. The van der Waals surface area contributed by atoms with E-state index in [1.807, 2.05) is 13.8 Å². The van der Waals surface area contributed by atoms with Gasteiger partial charge < -0.3 is 9.47 Å². The Morgan fingerprint density at radius 2 is 1.72 bits per heavy atom. The smallest absolute Gasteiger partial charge is 0.213 e. The molecule has 0 amide bonds. The molecule has 11 heteroatoms. The minimum absolute atomic E-state index is 0.0725. The summed E-state index contributed by atoms with van der Waals surface area (Å²) in [6.07, 6.45) is 11.2. The first-order valence-electron chi connectivity index (χ1n) is 12.3. The predicted octanol–water partition coefficient (Wildman–Crippen LogP) is 10.0. The molecule has 0 aliphatic heterocycles. The fraction of sp³-hybridized carbons (Fsp3) is 0.920. The van der Waals surface area contributed by atoms with Gasteiger partial charge in [0.05, 0.1) is 14.8 Å². The van der Waals surface area contributed by atoms with E-state index >= 15 is 0 Å². The number of ether oxygens (including phenoxy) is 2. The maximum Gasteiger partial charge on any atom is 0.213 e. The van der Waals surface area contributed by atoms with Crippen molar-refractivity contribution in [3.8, 4) is 12.3 Å². The van der Waals surface area contributed by atoms with Crippen LogP contribution in [0.5, 0.6) is 0 Å². The fourth-order valence-corrected chi connectivity index (χ4v) is 8.53. The van der Waals surface area contributed by atoms with Crippen LogP contribution in [0.4, 0.5) is 0 Å². The first kappa shape index (κ1) is 33.0. The van der Waals surface area contributed by atoms with Gasteiger partial charge in [-0.25, -0.2) is 0 Å². The summed E-state index contributed by atoms with van der Waals surface area (Å²) in [5.41, 5.74) is -0.988. The maximum atomic E-state index is 14.7. The van der Waals surface area contributed by atoms with E-state index in [1.54, 1.807) is 0 Å². The van der Waals surface area contributed by atoms with Gasteiger partial charge in [0.15, 0.2) is 5.79 Å². The Hall–Kier alpha value is 2.52. The first-order valence-corrected chi connectivity index (χ1v) is 17.4. The lowest BCUT2D eigenvalue weighted by atomic mass is 9.90. The molecule has 3 fully saturated rings. The lowest BCUT2D eigenvalue weighted by Gasteiger charge is -2.46. The molecular formula is C25H33Br4Cl4O3. The molecule has 3 saturated carbocycles. The molecule has 1 radical (unpaired) electrons. The van der Waals surface area contributed by atoms with Crippen LogP contribution in [0.15, 0.2) is 0 Å². The van der Waals surface area contributed by atoms with Crippen molar-refractivity contribution < 1.29 is 14.6 Å². The topological polar surface area (TPSA) is 38.4 Å². The summed E-state index contributed by atoms with van der Waals surface area (Å²) in [5.74, 6) is -0.412. The Balaban J connectivity index is 2.00. The Kier molecular flexibility index (Phi) is 11.0. The highest BCUT2D eigenvalue weighted by Gasteiger charge is 2.77. The lowest BCUT2D eigenvalue weighted by Crippen LogP contribution is -2.55. The Morgan fingerprint density at radius 3 is 2.14 bits per heavy atom. The number of terminal acetylenes is 1. The van der Waals surface area contributed by atoms with Crippen LogP contribution in [0.25, 0.3) is 0 Å². The molecule has 0 aromatic carbocycles. The van der Waals surface area contributed by atoms with E-state index in [0.29, 0.717) is 25.7 Å². The van der Waals surface area contributed by atoms with Crippen LogP contribution in [0.3, 0.4) is 0 Å². The van der Waals surface area contributed by atoms with Gasteiger partial charge >= 0.3 is 0 Å². The van der Waals surface area contributed by atoms with Crippen molar-refractivity contribution in [1.82, 2.24) is 0 Å². The van der Waals surface area contributed by atoms with Gasteiger partial charge in [-0.15, -0.1) is 58.7 Å². The van der Waals surface area contributed by atoms with Crippen molar-refractivity contribution in [3.05, 3.63) is 0 Å². The highest BCUT2D eigenvalue weighted by molar-refractivity contribution is 9.25. The van der Waals surface area contributed by atoms with Gasteiger partial charge in [0.1, 0.15) is 8.12 Å². The standard InChI is InChI=1S/C25H33Br4Cl4O3/c1-4-5-6-8-18(17-13-22(17,29)31)35-23(10-7-12-26,19-14-21(19,27)28)36-25(34,11-9-16(2)30)20(3)15-24(20,32)33/h1,16-19H,5-15H2,2-3H3. The molecule has 3 aliphatic rings. The van der Waals surface area contributed by atoms with E-state index in [-0.39, 0.29) is 29.7 Å². The molecule has 0 aromatic rings. The molecule has 0 spiro atoms. The second-order valence-corrected chi connectivity index (χ2v) is 20.3. The zero-order valence-electron chi connectivity index (χ0n) is 20.4. The monoisotopic (exact) mass is 837 g/mol. The molecule has 36 heavy (non-hydrogen) atoms. The number of hydrogen-bond donors (Lipinski definition) is 0. The number of unbranched alkanes of at least 4 members (excludes halogenated alkanes) is 1. The van der Waals surface area contributed by atoms with Crippen molar-refractivity contribution in [2.75, 3.05) is 5.33 Å². The first-order chi connectivity index (χ1) is 16.5. The second-order valence-electron chi connectivity index (χ2n) is 10.8. The zero-order chi connectivity index (χ0) is 27.2. The summed E-state index contributed by atoms with van der Waals surface area (Å²) >= 11 is 40.8. The van der Waals surface area contributed by atoms with Gasteiger partial charge in [-0.3, -0.25) is 0 Å². The maximum absolute atomic E-state index is 14.7. The molecule has 0 saturated heterocycles. The van der Waals surface area contributed by atoms with Crippen molar-refractivity contribution in [1.29, 1.82) is 0 Å². The zero-order valence-corrected chi connectivity index (χ0v) is 29.8. The summed E-state index contributed by atoms with van der Waals surface area (Å²) in [6.45, 7) is 3.68. The van der Waals surface area contributed by atoms with E-state index in [2.05, 4.69) is 69.6 Å². The summed E-state index contributed by atoms with van der Waals surface area (Å²) < 4.78 is 11.7. The largest absolute Gasteiger partial charge is 0.346 e. The molecule has 0 N–H and O–H groups in total. The number of hydrogen-bond acceptors (Lipinski definition) is 2. The van der Waals surface area contributed by atoms with Crippen LogP contribution >= 0.6 is 110 Å². The lowest BCUT2D eigenvalue weighted by molar-refractivity contribution is -0.404. The van der Waals surface area contributed by atoms with Crippen LogP contribution < -0.4 is 0 Å². The van der Waals surface area contributed by atoms with Crippen LogP contribution in [0, 0.1) is 29.6 Å². The summed E-state index contributed by atoms with van der Waals surface area (Å²) in [7, 11) is 0. The van der Waals surface area contributed by atoms with E-state index in [1.165, 1.54) is 0 Å². The van der Waals surface area contributed by atoms with E-state index in [0.717, 1.165) is 37.4 Å². The van der Waals surface area contributed by atoms with Crippen LogP contribution in [0.2, 0.25) is 0 Å².